The summed E-state index contributed by atoms with van der Waals surface area (Å²) in [6.07, 6.45) is -12.0. The number of hydrogen-bond donors (Lipinski definition) is 1. The highest BCUT2D eigenvalue weighted by molar-refractivity contribution is 7.48. The van der Waals surface area contributed by atoms with Crippen LogP contribution in [0.15, 0.2) is 120 Å². The third kappa shape index (κ3) is 21.1. The van der Waals surface area contributed by atoms with E-state index < -0.39 is 125 Å². The fourth-order valence-corrected chi connectivity index (χ4v) is 12.5. The first-order valence-corrected chi connectivity index (χ1v) is 35.6. The molecule has 3 aliphatic heterocycles. The zero-order valence-electron chi connectivity index (χ0n) is 53.5. The Kier molecular flexibility index (Phi) is 27.6. The van der Waals surface area contributed by atoms with Gasteiger partial charge >= 0.3 is 25.7 Å². The average molecular weight is 1290 g/mol. The summed E-state index contributed by atoms with van der Waals surface area (Å²) in [6.45, 7) is 18.4. The van der Waals surface area contributed by atoms with Crippen LogP contribution in [-0.4, -0.2) is 119 Å². The summed E-state index contributed by atoms with van der Waals surface area (Å²) in [5.41, 5.74) is 14.2. The molecule has 0 spiro atoms. The van der Waals surface area contributed by atoms with Crippen molar-refractivity contribution in [1.29, 1.82) is 0 Å². The lowest BCUT2D eigenvalue weighted by Crippen LogP contribution is -2.67. The van der Waals surface area contributed by atoms with E-state index in [2.05, 4.69) is 15.3 Å². The maximum atomic E-state index is 15.1. The van der Waals surface area contributed by atoms with Gasteiger partial charge in [0.15, 0.2) is 27.0 Å². The first kappa shape index (κ1) is 71.6. The molecule has 2 fully saturated rings. The van der Waals surface area contributed by atoms with E-state index in [4.69, 9.17) is 60.6 Å². The molecule has 4 unspecified atom stereocenters. The van der Waals surface area contributed by atoms with Crippen LogP contribution in [0.3, 0.4) is 0 Å². The van der Waals surface area contributed by atoms with Crippen LogP contribution in [0.2, 0.25) is 18.1 Å². The smallest absolute Gasteiger partial charge is 0.462 e. The fraction of sp³-hybridized carbons (Fsp3) is 0.576. The summed E-state index contributed by atoms with van der Waals surface area (Å²) in [7, 11) is -7.48. The zero-order valence-corrected chi connectivity index (χ0v) is 55.4. The highest BCUT2D eigenvalue weighted by Gasteiger charge is 2.56. The van der Waals surface area contributed by atoms with E-state index in [0.717, 1.165) is 16.7 Å². The number of amides is 1. The number of phosphoric acid groups is 1. The molecule has 0 aliphatic carbocycles. The van der Waals surface area contributed by atoms with Gasteiger partial charge in [0.05, 0.1) is 65.2 Å². The monoisotopic (exact) mass is 1290 g/mol. The van der Waals surface area contributed by atoms with Crippen LogP contribution in [0.1, 0.15) is 128 Å². The highest BCUT2D eigenvalue weighted by atomic mass is 31.2. The quantitative estimate of drug-likeness (QED) is 0.00905. The van der Waals surface area contributed by atoms with Crippen LogP contribution in [0.5, 0.6) is 0 Å². The van der Waals surface area contributed by atoms with Crippen LogP contribution in [0.25, 0.3) is 10.4 Å². The maximum absolute atomic E-state index is 15.1. The Labute approximate surface area is 530 Å². The van der Waals surface area contributed by atoms with Crippen LogP contribution < -0.4 is 5.32 Å². The average Bonchev–Trinajstić information content (AvgIpc) is 1.00. The first-order valence-electron chi connectivity index (χ1n) is 31.2. The molecule has 0 radical (unpaired) electrons. The molecule has 0 saturated carbocycles. The van der Waals surface area contributed by atoms with Crippen molar-refractivity contribution >= 4 is 40.0 Å². The van der Waals surface area contributed by atoms with E-state index in [1.165, 1.54) is 0 Å². The Bertz CT molecular complexity index is 2960. The van der Waals surface area contributed by atoms with E-state index in [9.17, 15) is 24.7 Å². The number of azide groups is 1. The second-order valence-electron chi connectivity index (χ2n) is 24.4. The maximum Gasteiger partial charge on any atom is 0.475 e. The number of carbonyl (C=O) groups is 4. The Morgan fingerprint density at radius 2 is 1.20 bits per heavy atom. The molecule has 1 N–H and O–H groups in total. The SMILES string of the molecule is CCC(=O)O[C@H](CC)CC(=O)NC1[C@H](OCC2O[C@H](O[Si](C)(C)C(C)(C)C)C(N=[N+]=[N-])[C@@H](OC(=O)C[C@@H](CC)OCc3ccccc3)[C@@H]2OCc2ccccc2)OC(COCc2ccccc2)[C@@H](OP2(=O)OCc3ccccc3CO2)[C@@H]1OC(=O)C[C@H](C)CC. The summed E-state index contributed by atoms with van der Waals surface area (Å²) in [6, 6.07) is 32.6. The second kappa shape index (κ2) is 34.7. The Balaban J connectivity index is 1.33. The molecular formula is C66H91N4O18PSi. The number of benzene rings is 4. The third-order valence-electron chi connectivity index (χ3n) is 16.6. The molecule has 3 aliphatic rings. The van der Waals surface area contributed by atoms with Gasteiger partial charge < -0.3 is 52.4 Å². The Hall–Kier alpha value is -5.88. The molecule has 24 heteroatoms. The number of nitrogens with zero attached hydrogens (tertiary/aromatic N) is 3. The number of ether oxygens (including phenoxy) is 9. The first-order chi connectivity index (χ1) is 43.1. The molecule has 7 rings (SSSR count). The van der Waals surface area contributed by atoms with Crippen molar-refractivity contribution in [2.45, 2.75) is 225 Å². The van der Waals surface area contributed by atoms with Crippen molar-refractivity contribution in [3.63, 3.8) is 0 Å². The number of carbonyl (C=O) groups excluding carboxylic acids is 4. The molecule has 90 heavy (non-hydrogen) atoms. The van der Waals surface area contributed by atoms with E-state index in [0.29, 0.717) is 24.0 Å². The van der Waals surface area contributed by atoms with Gasteiger partial charge in [-0.25, -0.2) is 4.57 Å². The van der Waals surface area contributed by atoms with Gasteiger partial charge in [0.2, 0.25) is 5.91 Å². The normalized spacial score (nSPS) is 24.4. The number of hydrogen-bond acceptors (Lipinski definition) is 19. The molecule has 0 aromatic heterocycles. The van der Waals surface area contributed by atoms with Gasteiger partial charge in [0, 0.05) is 17.8 Å². The van der Waals surface area contributed by atoms with Crippen LogP contribution in [0.4, 0.5) is 0 Å². The minimum atomic E-state index is -4.62. The summed E-state index contributed by atoms with van der Waals surface area (Å²) in [5.74, 6) is -2.71. The fourth-order valence-electron chi connectivity index (χ4n) is 10.0. The molecule has 0 bridgehead atoms. The van der Waals surface area contributed by atoms with Crippen molar-refractivity contribution < 1.29 is 84.4 Å². The molecule has 13 atom stereocenters. The van der Waals surface area contributed by atoms with Crippen molar-refractivity contribution in [3.05, 3.63) is 154 Å². The van der Waals surface area contributed by atoms with E-state index >= 15 is 4.57 Å². The standard InChI is InChI=1S/C66H91N4O18PSi/c1-11-44(5)34-56(73)85-62-58(68-54(71)35-51(13-3)82-55(72)14-4)64(83-52(42-76-37-45-26-18-15-19-27-45)61(62)87-89(75)80-40-48-32-24-25-33-49(48)41-81-89)79-43-53-60(78-39-47-30-22-17-23-31-47)63(59(69-70-67)65(84-53)88-90(9,10)66(6,7)8)86-57(74)36-50(12-2)77-38-46-28-20-16-21-29-46/h15-33,44,50-53,58-65H,11-14,34-43H2,1-10H3,(H,68,71)/t44-,50-,51-,52?,53?,58?,59?,60-,61-,62-,63-,64-,65-/m1/s1. The van der Waals surface area contributed by atoms with Gasteiger partial charge in [-0.05, 0) is 70.2 Å². The predicted molar refractivity (Wildman–Crippen MR) is 335 cm³/mol. The van der Waals surface area contributed by atoms with Gasteiger partial charge in [-0.2, -0.15) is 0 Å². The number of esters is 3. The van der Waals surface area contributed by atoms with Gasteiger partial charge in [0.25, 0.3) is 0 Å². The van der Waals surface area contributed by atoms with E-state index in [-0.39, 0.29) is 77.7 Å². The molecule has 2 saturated heterocycles. The van der Waals surface area contributed by atoms with E-state index in [1.807, 2.05) is 170 Å². The molecule has 1 amide bonds. The lowest BCUT2D eigenvalue weighted by atomic mass is 9.95. The summed E-state index contributed by atoms with van der Waals surface area (Å²) >= 11 is 0. The number of nitrogens with one attached hydrogen (secondary N) is 1. The minimum absolute atomic E-state index is 0.0446. The molecule has 492 valence electrons. The lowest BCUT2D eigenvalue weighted by Gasteiger charge is -2.49. The van der Waals surface area contributed by atoms with Gasteiger partial charge in [-0.15, -0.1) is 0 Å². The summed E-state index contributed by atoms with van der Waals surface area (Å²) in [4.78, 5) is 59.6. The number of fused-ring (bicyclic) bond motifs is 1. The van der Waals surface area contributed by atoms with Gasteiger partial charge in [0.1, 0.15) is 48.7 Å². The third-order valence-corrected chi connectivity index (χ3v) is 22.4. The molecule has 4 aromatic carbocycles. The van der Waals surface area contributed by atoms with Crippen molar-refractivity contribution in [1.82, 2.24) is 5.32 Å². The second-order valence-corrected chi connectivity index (χ2v) is 30.8. The van der Waals surface area contributed by atoms with Crippen molar-refractivity contribution in [3.8, 4) is 0 Å². The molecule has 22 nitrogen and oxygen atoms in total. The number of rotatable bonds is 32. The zero-order chi connectivity index (χ0) is 64.8. The van der Waals surface area contributed by atoms with Gasteiger partial charge in [-0.1, -0.05) is 182 Å². The van der Waals surface area contributed by atoms with Crippen LogP contribution in [0, 0.1) is 5.92 Å². The predicted octanol–water partition coefficient (Wildman–Crippen LogP) is 12.4. The molecular weight excluding hydrogens is 1200 g/mol. The van der Waals surface area contributed by atoms with Gasteiger partial charge in [-0.3, -0.25) is 32.7 Å². The Morgan fingerprint density at radius 1 is 0.656 bits per heavy atom. The lowest BCUT2D eigenvalue weighted by molar-refractivity contribution is -0.301. The molecule has 3 heterocycles. The minimum Gasteiger partial charge on any atom is -0.462 e. The molecule has 4 aromatic rings. The van der Waals surface area contributed by atoms with Crippen LogP contribution in [-0.2, 0) is 117 Å². The van der Waals surface area contributed by atoms with Crippen molar-refractivity contribution in [2.75, 3.05) is 13.2 Å². The number of phosphoric ester groups is 1. The largest absolute Gasteiger partial charge is 0.475 e. The van der Waals surface area contributed by atoms with Crippen LogP contribution >= 0.6 is 7.82 Å². The van der Waals surface area contributed by atoms with Crippen molar-refractivity contribution in [2.24, 2.45) is 11.0 Å². The topological polar surface area (TPSA) is 266 Å². The summed E-state index contributed by atoms with van der Waals surface area (Å²) < 4.78 is 99.6. The van der Waals surface area contributed by atoms with E-state index in [1.54, 1.807) is 13.8 Å². The highest BCUT2D eigenvalue weighted by Crippen LogP contribution is 2.55. The summed E-state index contributed by atoms with van der Waals surface area (Å²) in [5, 5.41) is 6.81. The Morgan fingerprint density at radius 3 is 1.77 bits per heavy atom.